The molecule has 2 N–H and O–H groups in total. The fraction of sp³-hybridized carbons (Fsp3) is 0.250. The van der Waals surface area contributed by atoms with Crippen molar-refractivity contribution < 1.29 is 9.84 Å². The Labute approximate surface area is 133 Å². The Morgan fingerprint density at radius 2 is 2.27 bits per heavy atom. The van der Waals surface area contributed by atoms with Crippen LogP contribution in [0.15, 0.2) is 47.6 Å². The van der Waals surface area contributed by atoms with E-state index in [4.69, 9.17) is 4.74 Å². The molecular weight excluding hydrogens is 298 g/mol. The number of nitrogens with one attached hydrogen (secondary N) is 1. The SMILES string of the molecule is CC1CSC(Nc2ncccc2OCc2cccc(O)c2)=N1. The van der Waals surface area contributed by atoms with E-state index in [1.165, 1.54) is 0 Å². The third kappa shape index (κ3) is 3.71. The molecule has 0 bridgehead atoms. The average Bonchev–Trinajstić information content (AvgIpc) is 2.92. The number of benzene rings is 1. The first-order chi connectivity index (χ1) is 10.7. The van der Waals surface area contributed by atoms with Crippen molar-refractivity contribution in [3.63, 3.8) is 0 Å². The van der Waals surface area contributed by atoms with E-state index in [1.807, 2.05) is 18.2 Å². The van der Waals surface area contributed by atoms with Gasteiger partial charge in [0.15, 0.2) is 16.7 Å². The summed E-state index contributed by atoms with van der Waals surface area (Å²) < 4.78 is 5.81. The van der Waals surface area contributed by atoms with Gasteiger partial charge in [-0.3, -0.25) is 4.99 Å². The monoisotopic (exact) mass is 315 g/mol. The van der Waals surface area contributed by atoms with E-state index in [-0.39, 0.29) is 5.75 Å². The van der Waals surface area contributed by atoms with Gasteiger partial charge >= 0.3 is 0 Å². The summed E-state index contributed by atoms with van der Waals surface area (Å²) in [7, 11) is 0. The lowest BCUT2D eigenvalue weighted by Crippen LogP contribution is -2.09. The topological polar surface area (TPSA) is 66.7 Å². The molecule has 1 atom stereocenters. The van der Waals surface area contributed by atoms with Gasteiger partial charge in [-0.15, -0.1) is 0 Å². The number of phenolic OH excluding ortho intramolecular Hbond substituents is 1. The first-order valence-electron chi connectivity index (χ1n) is 7.04. The van der Waals surface area contributed by atoms with Crippen LogP contribution in [0.5, 0.6) is 11.5 Å². The van der Waals surface area contributed by atoms with Crippen LogP contribution < -0.4 is 10.1 Å². The third-order valence-corrected chi connectivity index (χ3v) is 4.23. The molecule has 3 rings (SSSR count). The van der Waals surface area contributed by atoms with Crippen LogP contribution in [0.4, 0.5) is 5.82 Å². The summed E-state index contributed by atoms with van der Waals surface area (Å²) >= 11 is 1.68. The summed E-state index contributed by atoms with van der Waals surface area (Å²) in [6, 6.07) is 11.0. The Bertz CT molecular complexity index is 691. The first-order valence-corrected chi connectivity index (χ1v) is 8.02. The molecule has 0 aliphatic carbocycles. The molecule has 0 spiro atoms. The zero-order chi connectivity index (χ0) is 15.4. The van der Waals surface area contributed by atoms with Crippen LogP contribution >= 0.6 is 11.8 Å². The minimum absolute atomic E-state index is 0.233. The largest absolute Gasteiger partial charge is 0.508 e. The highest BCUT2D eigenvalue weighted by atomic mass is 32.2. The van der Waals surface area contributed by atoms with Gasteiger partial charge in [-0.1, -0.05) is 23.9 Å². The van der Waals surface area contributed by atoms with Gasteiger partial charge in [-0.25, -0.2) is 4.98 Å². The van der Waals surface area contributed by atoms with Crippen molar-refractivity contribution in [3.8, 4) is 11.5 Å². The standard InChI is InChI=1S/C16H17N3O2S/c1-11-10-22-16(18-11)19-15-14(6-3-7-17-15)21-9-12-4-2-5-13(20)8-12/h2-8,11,20H,9-10H2,1H3,(H,17,18,19). The number of hydrogen-bond acceptors (Lipinski definition) is 6. The molecule has 0 radical (unpaired) electrons. The maximum Gasteiger partial charge on any atom is 0.174 e. The number of aromatic nitrogens is 1. The van der Waals surface area contributed by atoms with Crippen LogP contribution in [0.25, 0.3) is 0 Å². The number of ether oxygens (including phenoxy) is 1. The molecule has 0 amide bonds. The highest BCUT2D eigenvalue weighted by Gasteiger charge is 2.16. The molecule has 0 saturated carbocycles. The molecule has 2 heterocycles. The summed E-state index contributed by atoms with van der Waals surface area (Å²) in [5, 5.41) is 13.6. The molecule has 0 fully saturated rings. The molecule has 5 nitrogen and oxygen atoms in total. The Hall–Kier alpha value is -2.21. The Kier molecular flexibility index (Phi) is 4.48. The van der Waals surface area contributed by atoms with Gasteiger partial charge in [-0.05, 0) is 36.8 Å². The van der Waals surface area contributed by atoms with Crippen molar-refractivity contribution in [1.29, 1.82) is 0 Å². The maximum atomic E-state index is 9.48. The Morgan fingerprint density at radius 3 is 3.05 bits per heavy atom. The van der Waals surface area contributed by atoms with Crippen LogP contribution in [0.2, 0.25) is 0 Å². The summed E-state index contributed by atoms with van der Waals surface area (Å²) in [5.74, 6) is 2.53. The predicted octanol–water partition coefficient (Wildman–Crippen LogP) is 3.27. The lowest BCUT2D eigenvalue weighted by Gasteiger charge is -2.11. The number of rotatable bonds is 4. The minimum Gasteiger partial charge on any atom is -0.508 e. The van der Waals surface area contributed by atoms with E-state index in [9.17, 15) is 5.11 Å². The average molecular weight is 315 g/mol. The number of pyridine rings is 1. The van der Waals surface area contributed by atoms with Crippen molar-refractivity contribution in [3.05, 3.63) is 48.2 Å². The molecular formula is C16H17N3O2S. The van der Waals surface area contributed by atoms with E-state index in [2.05, 4.69) is 22.2 Å². The number of nitrogens with zero attached hydrogens (tertiary/aromatic N) is 2. The Morgan fingerprint density at radius 1 is 1.36 bits per heavy atom. The van der Waals surface area contributed by atoms with Gasteiger partial charge in [0, 0.05) is 11.9 Å². The normalized spacial score (nSPS) is 17.1. The number of aliphatic imine (C=N–C) groups is 1. The van der Waals surface area contributed by atoms with Crippen molar-refractivity contribution in [1.82, 2.24) is 4.98 Å². The van der Waals surface area contributed by atoms with E-state index >= 15 is 0 Å². The van der Waals surface area contributed by atoms with Crippen LogP contribution in [-0.4, -0.2) is 27.1 Å². The molecule has 1 aliphatic rings. The van der Waals surface area contributed by atoms with Crippen molar-refractivity contribution in [2.45, 2.75) is 19.6 Å². The first kappa shape index (κ1) is 14.7. The molecule has 1 aromatic carbocycles. The van der Waals surface area contributed by atoms with E-state index in [0.29, 0.717) is 24.2 Å². The number of aromatic hydroxyl groups is 1. The second-order valence-corrected chi connectivity index (χ2v) is 6.04. The molecule has 1 unspecified atom stereocenters. The van der Waals surface area contributed by atoms with Crippen LogP contribution in [-0.2, 0) is 6.61 Å². The Balaban J connectivity index is 1.70. The molecule has 22 heavy (non-hydrogen) atoms. The van der Waals surface area contributed by atoms with Gasteiger partial charge in [0.2, 0.25) is 0 Å². The van der Waals surface area contributed by atoms with Gasteiger partial charge in [0.05, 0.1) is 6.04 Å². The van der Waals surface area contributed by atoms with Gasteiger partial charge in [0.1, 0.15) is 12.4 Å². The number of amidine groups is 1. The lowest BCUT2D eigenvalue weighted by molar-refractivity contribution is 0.306. The molecule has 2 aromatic rings. The van der Waals surface area contributed by atoms with Crippen LogP contribution in [0, 0.1) is 0 Å². The van der Waals surface area contributed by atoms with Gasteiger partial charge < -0.3 is 15.2 Å². The zero-order valence-corrected chi connectivity index (χ0v) is 13.0. The second-order valence-electron chi connectivity index (χ2n) is 5.03. The molecule has 1 aromatic heterocycles. The fourth-order valence-corrected chi connectivity index (χ4v) is 2.95. The smallest absolute Gasteiger partial charge is 0.174 e. The molecule has 6 heteroatoms. The second kappa shape index (κ2) is 6.70. The lowest BCUT2D eigenvalue weighted by atomic mass is 10.2. The third-order valence-electron chi connectivity index (χ3n) is 3.10. The highest BCUT2D eigenvalue weighted by molar-refractivity contribution is 8.14. The number of hydrogen-bond donors (Lipinski definition) is 2. The van der Waals surface area contributed by atoms with Crippen molar-refractivity contribution in [2.75, 3.05) is 11.1 Å². The van der Waals surface area contributed by atoms with Crippen molar-refractivity contribution >= 4 is 22.7 Å². The number of thioether (sulfide) groups is 1. The van der Waals surface area contributed by atoms with E-state index < -0.39 is 0 Å². The minimum atomic E-state index is 0.233. The fourth-order valence-electron chi connectivity index (χ4n) is 2.05. The molecule has 114 valence electrons. The predicted molar refractivity (Wildman–Crippen MR) is 89.7 cm³/mol. The summed E-state index contributed by atoms with van der Waals surface area (Å²) in [6.07, 6.45) is 1.72. The van der Waals surface area contributed by atoms with E-state index in [0.717, 1.165) is 16.5 Å². The molecule has 1 aliphatic heterocycles. The summed E-state index contributed by atoms with van der Waals surface area (Å²) in [4.78, 5) is 8.81. The van der Waals surface area contributed by atoms with Crippen molar-refractivity contribution in [2.24, 2.45) is 4.99 Å². The number of anilines is 1. The van der Waals surface area contributed by atoms with Gasteiger partial charge in [-0.2, -0.15) is 0 Å². The summed E-state index contributed by atoms with van der Waals surface area (Å²) in [5.41, 5.74) is 0.899. The molecule has 0 saturated heterocycles. The summed E-state index contributed by atoms with van der Waals surface area (Å²) in [6.45, 7) is 2.45. The quantitative estimate of drug-likeness (QED) is 0.906. The van der Waals surface area contributed by atoms with Gasteiger partial charge in [0.25, 0.3) is 0 Å². The maximum absolute atomic E-state index is 9.48. The van der Waals surface area contributed by atoms with Crippen LogP contribution in [0.1, 0.15) is 12.5 Å². The number of phenols is 1. The zero-order valence-electron chi connectivity index (χ0n) is 12.2. The van der Waals surface area contributed by atoms with Crippen LogP contribution in [0.3, 0.4) is 0 Å². The highest BCUT2D eigenvalue weighted by Crippen LogP contribution is 2.26. The van der Waals surface area contributed by atoms with E-state index in [1.54, 1.807) is 36.2 Å².